The number of hydrogen-bond acceptors (Lipinski definition) is 8. The van der Waals surface area contributed by atoms with E-state index in [-0.39, 0.29) is 33.0 Å². The maximum Gasteiger partial charge on any atom is 0.251 e. The van der Waals surface area contributed by atoms with Crippen LogP contribution in [0, 0.1) is 28.6 Å². The van der Waals surface area contributed by atoms with Crippen molar-refractivity contribution in [3.63, 3.8) is 0 Å². The Morgan fingerprint density at radius 3 is 2.45 bits per heavy atom. The molecule has 156 valence electrons. The van der Waals surface area contributed by atoms with Crippen LogP contribution in [0.25, 0.3) is 0 Å². The first-order chi connectivity index (χ1) is 14.0. The van der Waals surface area contributed by atoms with Crippen molar-refractivity contribution < 1.29 is 29.0 Å². The highest BCUT2D eigenvalue weighted by Crippen LogP contribution is 2.11. The average molecular weight is 404 g/mol. The van der Waals surface area contributed by atoms with E-state index in [9.17, 15) is 9.59 Å². The second-order valence-corrected chi connectivity index (χ2v) is 5.92. The first-order valence-corrected chi connectivity index (χ1v) is 8.90. The molecule has 10 nitrogen and oxygen atoms in total. The van der Waals surface area contributed by atoms with Gasteiger partial charge in [0.25, 0.3) is 5.91 Å². The second kappa shape index (κ2) is 14.0. The largest absolute Gasteiger partial charge is 0.366 e. The van der Waals surface area contributed by atoms with Crippen molar-refractivity contribution in [1.82, 2.24) is 10.8 Å². The van der Waals surface area contributed by atoms with E-state index in [4.69, 9.17) is 29.9 Å². The van der Waals surface area contributed by atoms with Crippen LogP contribution in [0.2, 0.25) is 0 Å². The molecular weight excluding hydrogens is 380 g/mol. The van der Waals surface area contributed by atoms with Gasteiger partial charge in [-0.1, -0.05) is 0 Å². The maximum absolute atomic E-state index is 12.5. The molecule has 29 heavy (non-hydrogen) atoms. The number of hydrogen-bond donors (Lipinski definition) is 3. The number of amides is 2. The molecule has 0 bridgehead atoms. The number of carbonyl (C=O) groups is 2. The van der Waals surface area contributed by atoms with Crippen LogP contribution in [-0.4, -0.2) is 56.3 Å². The summed E-state index contributed by atoms with van der Waals surface area (Å²) in [5, 5.41) is 29.1. The molecule has 2 amide bonds. The fourth-order valence-electron chi connectivity index (χ4n) is 2.40. The van der Waals surface area contributed by atoms with Gasteiger partial charge in [-0.2, -0.15) is 10.5 Å². The molecule has 0 aromatic heterocycles. The van der Waals surface area contributed by atoms with Gasteiger partial charge in [-0.05, 0) is 37.6 Å². The predicted molar refractivity (Wildman–Crippen MR) is 99.3 cm³/mol. The Morgan fingerprint density at radius 2 is 1.86 bits per heavy atom. The molecule has 1 aromatic rings. The van der Waals surface area contributed by atoms with E-state index < -0.39 is 23.8 Å². The highest BCUT2D eigenvalue weighted by Gasteiger charge is 2.25. The zero-order valence-electron chi connectivity index (χ0n) is 16.1. The Bertz CT molecular complexity index is 726. The lowest BCUT2D eigenvalue weighted by molar-refractivity contribution is -0.136. The Morgan fingerprint density at radius 1 is 1.14 bits per heavy atom. The summed E-state index contributed by atoms with van der Waals surface area (Å²) in [5.74, 6) is -1.94. The van der Waals surface area contributed by atoms with Crippen molar-refractivity contribution in [1.29, 1.82) is 10.5 Å². The van der Waals surface area contributed by atoms with Crippen molar-refractivity contribution in [3.8, 4) is 12.1 Å². The SMILES string of the molecule is CCOCOCC(CC(COCC#N)C(=O)NO)NC(=O)c1ccc(C#N)cc1. The minimum absolute atomic E-state index is 0.0154. The molecular formula is C19H24N4O6. The van der Waals surface area contributed by atoms with Crippen LogP contribution >= 0.6 is 0 Å². The molecule has 0 aliphatic carbocycles. The third-order valence-corrected chi connectivity index (χ3v) is 3.84. The van der Waals surface area contributed by atoms with E-state index in [1.165, 1.54) is 24.3 Å². The zero-order chi connectivity index (χ0) is 21.5. The van der Waals surface area contributed by atoms with E-state index >= 15 is 0 Å². The molecule has 0 spiro atoms. The molecule has 1 aromatic carbocycles. The molecule has 3 N–H and O–H groups in total. The number of nitriles is 2. The van der Waals surface area contributed by atoms with E-state index in [0.717, 1.165) is 0 Å². The van der Waals surface area contributed by atoms with Gasteiger partial charge in [-0.25, -0.2) is 5.48 Å². The van der Waals surface area contributed by atoms with Gasteiger partial charge in [-0.15, -0.1) is 0 Å². The van der Waals surface area contributed by atoms with Gasteiger partial charge in [0.2, 0.25) is 5.91 Å². The molecule has 0 saturated heterocycles. The average Bonchev–Trinajstić information content (AvgIpc) is 2.75. The van der Waals surface area contributed by atoms with Gasteiger partial charge in [0.15, 0.2) is 0 Å². The first-order valence-electron chi connectivity index (χ1n) is 8.90. The first kappa shape index (κ1) is 24.0. The highest BCUT2D eigenvalue weighted by molar-refractivity contribution is 5.94. The zero-order valence-corrected chi connectivity index (χ0v) is 16.1. The topological polar surface area (TPSA) is 154 Å². The van der Waals surface area contributed by atoms with Crippen molar-refractivity contribution in [2.45, 2.75) is 19.4 Å². The van der Waals surface area contributed by atoms with Crippen LogP contribution in [0.1, 0.15) is 29.3 Å². The summed E-state index contributed by atoms with van der Waals surface area (Å²) in [6.07, 6.45) is 0.0893. The molecule has 2 atom stereocenters. The van der Waals surface area contributed by atoms with Gasteiger partial charge in [0.05, 0.1) is 42.9 Å². The normalized spacial score (nSPS) is 12.3. The van der Waals surface area contributed by atoms with Gasteiger partial charge >= 0.3 is 0 Å². The summed E-state index contributed by atoms with van der Waals surface area (Å²) in [6, 6.07) is 9.23. The number of hydroxylamine groups is 1. The Labute approximate surface area is 168 Å². The summed E-state index contributed by atoms with van der Waals surface area (Å²) < 4.78 is 15.6. The third-order valence-electron chi connectivity index (χ3n) is 3.84. The van der Waals surface area contributed by atoms with Crippen LogP contribution < -0.4 is 10.8 Å². The molecule has 0 saturated carbocycles. The van der Waals surface area contributed by atoms with E-state index in [0.29, 0.717) is 17.7 Å². The second-order valence-electron chi connectivity index (χ2n) is 5.92. The van der Waals surface area contributed by atoms with Crippen molar-refractivity contribution in [2.24, 2.45) is 5.92 Å². The molecule has 1 rings (SSSR count). The fourth-order valence-corrected chi connectivity index (χ4v) is 2.40. The lowest BCUT2D eigenvalue weighted by Gasteiger charge is -2.23. The van der Waals surface area contributed by atoms with Gasteiger partial charge in [0.1, 0.15) is 13.4 Å². The monoisotopic (exact) mass is 404 g/mol. The molecule has 0 aliphatic rings. The Kier molecular flexibility index (Phi) is 11.6. The van der Waals surface area contributed by atoms with E-state index in [1.54, 1.807) is 11.5 Å². The Hall–Kier alpha value is -3.02. The van der Waals surface area contributed by atoms with Gasteiger partial charge in [0, 0.05) is 12.2 Å². The fraction of sp³-hybridized carbons (Fsp3) is 0.474. The number of ether oxygens (including phenoxy) is 3. The summed E-state index contributed by atoms with van der Waals surface area (Å²) >= 11 is 0. The summed E-state index contributed by atoms with van der Waals surface area (Å²) in [5.41, 5.74) is 2.32. The summed E-state index contributed by atoms with van der Waals surface area (Å²) in [6.45, 7) is 2.01. The maximum atomic E-state index is 12.5. The third kappa shape index (κ3) is 9.14. The van der Waals surface area contributed by atoms with Gasteiger partial charge < -0.3 is 19.5 Å². The van der Waals surface area contributed by atoms with Crippen LogP contribution in [0.3, 0.4) is 0 Å². The summed E-state index contributed by atoms with van der Waals surface area (Å²) in [4.78, 5) is 24.4. The quantitative estimate of drug-likeness (QED) is 0.188. The van der Waals surface area contributed by atoms with E-state index in [2.05, 4.69) is 5.32 Å². The van der Waals surface area contributed by atoms with Crippen molar-refractivity contribution in [2.75, 3.05) is 33.2 Å². The minimum Gasteiger partial charge on any atom is -0.366 e. The number of carbonyl (C=O) groups excluding carboxylic acids is 2. The lowest BCUT2D eigenvalue weighted by atomic mass is 9.99. The van der Waals surface area contributed by atoms with Crippen molar-refractivity contribution >= 4 is 11.8 Å². The molecule has 0 aliphatic heterocycles. The van der Waals surface area contributed by atoms with Crippen LogP contribution in [0.5, 0.6) is 0 Å². The van der Waals surface area contributed by atoms with Crippen LogP contribution in [0.15, 0.2) is 24.3 Å². The molecule has 2 unspecified atom stereocenters. The number of rotatable bonds is 13. The van der Waals surface area contributed by atoms with Crippen LogP contribution in [0.4, 0.5) is 0 Å². The number of benzene rings is 1. The number of nitrogens with zero attached hydrogens (tertiary/aromatic N) is 2. The van der Waals surface area contributed by atoms with Gasteiger partial charge in [-0.3, -0.25) is 14.8 Å². The lowest BCUT2D eigenvalue weighted by Crippen LogP contribution is -2.43. The molecule has 10 heteroatoms. The standard InChI is InChI=1S/C19H24N4O6/c1-2-27-13-29-12-17(9-16(19(25)23-26)11-28-8-7-20)22-18(24)15-5-3-14(10-21)4-6-15/h3-6,16-17,26H,2,8-9,11-13H2,1H3,(H,22,24)(H,23,25). The highest BCUT2D eigenvalue weighted by atomic mass is 16.7. The summed E-state index contributed by atoms with van der Waals surface area (Å²) in [7, 11) is 0. The minimum atomic E-state index is -0.824. The molecule has 0 heterocycles. The predicted octanol–water partition coefficient (Wildman–Crippen LogP) is 0.719. The molecule has 0 radical (unpaired) electrons. The smallest absolute Gasteiger partial charge is 0.251 e. The Balaban J connectivity index is 2.83. The van der Waals surface area contributed by atoms with Crippen LogP contribution in [-0.2, 0) is 19.0 Å². The number of nitrogens with one attached hydrogen (secondary N) is 2. The molecule has 0 fully saturated rings. The van der Waals surface area contributed by atoms with Crippen molar-refractivity contribution in [3.05, 3.63) is 35.4 Å². The van der Waals surface area contributed by atoms with E-state index in [1.807, 2.05) is 13.0 Å².